The molecule has 0 unspecified atom stereocenters. The second-order valence-corrected chi connectivity index (χ2v) is 8.81. The number of urea groups is 1. The first-order valence-electron chi connectivity index (χ1n) is 11.3. The number of hydrogen-bond donors (Lipinski definition) is 3. The zero-order valence-electron chi connectivity index (χ0n) is 20.0. The van der Waals surface area contributed by atoms with Crippen LogP contribution in [0.4, 0.5) is 20.6 Å². The molecule has 3 N–H and O–H groups in total. The standard InChI is InChI=1S/C26H27FN6O3/c1-4-17-5-7-18(8-6-17)29-26(36)33-15-20(34)14-23(33)25(35)30-22-10-9-19(13-21(22)27)32-12-11-28-24(32)16-31(2)3/h1,5-13,20,23,34H,14-16H2,2-3H3,(H,29,36)(H,30,35)/t20-,23+/m1/s1. The van der Waals surface area contributed by atoms with Crippen LogP contribution in [0.5, 0.6) is 0 Å². The summed E-state index contributed by atoms with van der Waals surface area (Å²) in [7, 11) is 3.83. The number of anilines is 2. The van der Waals surface area contributed by atoms with Gasteiger partial charge < -0.3 is 30.1 Å². The van der Waals surface area contributed by atoms with Crippen molar-refractivity contribution in [1.29, 1.82) is 0 Å². The molecule has 186 valence electrons. The molecule has 0 saturated carbocycles. The maximum absolute atomic E-state index is 15.0. The Labute approximate surface area is 208 Å². The van der Waals surface area contributed by atoms with Crippen molar-refractivity contribution in [2.24, 2.45) is 0 Å². The summed E-state index contributed by atoms with van der Waals surface area (Å²) in [5.74, 6) is 2.01. The molecule has 0 aliphatic carbocycles. The van der Waals surface area contributed by atoms with Gasteiger partial charge in [-0.15, -0.1) is 6.42 Å². The third-order valence-corrected chi connectivity index (χ3v) is 5.81. The van der Waals surface area contributed by atoms with E-state index < -0.39 is 29.9 Å². The van der Waals surface area contributed by atoms with Crippen LogP contribution in [-0.4, -0.2) is 69.2 Å². The molecule has 0 radical (unpaired) electrons. The Morgan fingerprint density at radius 1 is 1.22 bits per heavy atom. The van der Waals surface area contributed by atoms with Gasteiger partial charge in [0.05, 0.1) is 18.3 Å². The predicted octanol–water partition coefficient (Wildman–Crippen LogP) is 2.66. The van der Waals surface area contributed by atoms with Crippen LogP contribution in [0.15, 0.2) is 54.9 Å². The Hall–Kier alpha value is -4.20. The predicted molar refractivity (Wildman–Crippen MR) is 134 cm³/mol. The first-order chi connectivity index (χ1) is 17.2. The lowest BCUT2D eigenvalue weighted by atomic mass is 10.1. The number of aromatic nitrogens is 2. The van der Waals surface area contributed by atoms with Crippen molar-refractivity contribution in [3.05, 3.63) is 72.1 Å². The summed E-state index contributed by atoms with van der Waals surface area (Å²) in [6.45, 7) is 0.548. The van der Waals surface area contributed by atoms with E-state index in [4.69, 9.17) is 6.42 Å². The summed E-state index contributed by atoms with van der Waals surface area (Å²) >= 11 is 0. The minimum atomic E-state index is -0.968. The lowest BCUT2D eigenvalue weighted by Crippen LogP contribution is -2.45. The van der Waals surface area contributed by atoms with Gasteiger partial charge in [-0.1, -0.05) is 5.92 Å². The first kappa shape index (κ1) is 24.9. The number of likely N-dealkylation sites (tertiary alicyclic amines) is 1. The van der Waals surface area contributed by atoms with E-state index >= 15 is 0 Å². The molecule has 2 heterocycles. The first-order valence-corrected chi connectivity index (χ1v) is 11.3. The van der Waals surface area contributed by atoms with E-state index in [2.05, 4.69) is 21.5 Å². The Kier molecular flexibility index (Phi) is 7.33. The van der Waals surface area contributed by atoms with Crippen LogP contribution in [0.1, 0.15) is 17.8 Å². The van der Waals surface area contributed by atoms with Crippen molar-refractivity contribution in [1.82, 2.24) is 19.4 Å². The number of β-amino-alcohol motifs (C(OH)–C–C–N with tert-alkyl or cyclic N) is 1. The molecule has 1 aromatic heterocycles. The van der Waals surface area contributed by atoms with Crippen LogP contribution in [0.2, 0.25) is 0 Å². The van der Waals surface area contributed by atoms with E-state index in [0.717, 1.165) is 5.82 Å². The van der Waals surface area contributed by atoms with Crippen molar-refractivity contribution < 1.29 is 19.1 Å². The third kappa shape index (κ3) is 5.54. The number of carbonyl (C=O) groups is 2. The fourth-order valence-corrected chi connectivity index (χ4v) is 4.07. The highest BCUT2D eigenvalue weighted by molar-refractivity contribution is 5.99. The van der Waals surface area contributed by atoms with Crippen LogP contribution in [0.25, 0.3) is 5.69 Å². The molecule has 1 saturated heterocycles. The van der Waals surface area contributed by atoms with Crippen LogP contribution >= 0.6 is 0 Å². The molecule has 2 aromatic carbocycles. The number of terminal acetylenes is 1. The van der Waals surface area contributed by atoms with Crippen molar-refractivity contribution >= 4 is 23.3 Å². The molecule has 36 heavy (non-hydrogen) atoms. The van der Waals surface area contributed by atoms with Gasteiger partial charge in [0.2, 0.25) is 5.91 Å². The second kappa shape index (κ2) is 10.6. The number of nitrogens with zero attached hydrogens (tertiary/aromatic N) is 4. The van der Waals surface area contributed by atoms with E-state index in [1.165, 1.54) is 17.0 Å². The number of amides is 3. The summed E-state index contributed by atoms with van der Waals surface area (Å²) < 4.78 is 16.7. The zero-order valence-corrected chi connectivity index (χ0v) is 20.0. The van der Waals surface area contributed by atoms with Crippen molar-refractivity contribution in [3.63, 3.8) is 0 Å². The van der Waals surface area contributed by atoms with Crippen LogP contribution in [-0.2, 0) is 11.3 Å². The fourth-order valence-electron chi connectivity index (χ4n) is 4.07. The number of nitrogens with one attached hydrogen (secondary N) is 2. The van der Waals surface area contributed by atoms with E-state index in [0.29, 0.717) is 23.5 Å². The minimum absolute atomic E-state index is 0.0235. The highest BCUT2D eigenvalue weighted by Gasteiger charge is 2.39. The average Bonchev–Trinajstić information content (AvgIpc) is 3.47. The van der Waals surface area contributed by atoms with Gasteiger partial charge in [-0.25, -0.2) is 14.2 Å². The number of halogens is 1. The van der Waals surface area contributed by atoms with Crippen molar-refractivity contribution in [2.45, 2.75) is 25.1 Å². The number of imidazole rings is 1. The third-order valence-electron chi connectivity index (χ3n) is 5.81. The molecule has 9 nitrogen and oxygen atoms in total. The summed E-state index contributed by atoms with van der Waals surface area (Å²) in [5.41, 5.74) is 1.70. The van der Waals surface area contributed by atoms with Gasteiger partial charge in [0.1, 0.15) is 17.7 Å². The van der Waals surface area contributed by atoms with Gasteiger partial charge in [0.15, 0.2) is 0 Å². The molecule has 1 aliphatic rings. The van der Waals surface area contributed by atoms with Crippen LogP contribution < -0.4 is 10.6 Å². The van der Waals surface area contributed by atoms with E-state index in [1.54, 1.807) is 47.3 Å². The van der Waals surface area contributed by atoms with Gasteiger partial charge in [-0.3, -0.25) is 4.79 Å². The highest BCUT2D eigenvalue weighted by Crippen LogP contribution is 2.24. The molecule has 1 aliphatic heterocycles. The largest absolute Gasteiger partial charge is 0.391 e. The quantitative estimate of drug-likeness (QED) is 0.461. The van der Waals surface area contributed by atoms with Gasteiger partial charge in [0, 0.05) is 48.4 Å². The smallest absolute Gasteiger partial charge is 0.322 e. The lowest BCUT2D eigenvalue weighted by Gasteiger charge is -2.24. The number of benzene rings is 2. The normalized spacial score (nSPS) is 17.2. The Bertz CT molecular complexity index is 1300. The second-order valence-electron chi connectivity index (χ2n) is 8.81. The van der Waals surface area contributed by atoms with E-state index in [9.17, 15) is 19.1 Å². The molecule has 0 spiro atoms. The van der Waals surface area contributed by atoms with Crippen molar-refractivity contribution in [3.8, 4) is 18.0 Å². The Balaban J connectivity index is 1.46. The van der Waals surface area contributed by atoms with Gasteiger partial charge in [0.25, 0.3) is 0 Å². The molecule has 2 atom stereocenters. The molecular weight excluding hydrogens is 463 g/mol. The zero-order chi connectivity index (χ0) is 25.8. The number of hydrogen-bond acceptors (Lipinski definition) is 5. The van der Waals surface area contributed by atoms with Crippen molar-refractivity contribution in [2.75, 3.05) is 31.3 Å². The molecule has 10 heteroatoms. The molecule has 3 amide bonds. The minimum Gasteiger partial charge on any atom is -0.391 e. The summed E-state index contributed by atoms with van der Waals surface area (Å²) in [4.78, 5) is 33.3. The monoisotopic (exact) mass is 490 g/mol. The lowest BCUT2D eigenvalue weighted by molar-refractivity contribution is -0.119. The van der Waals surface area contributed by atoms with Gasteiger partial charge in [-0.2, -0.15) is 0 Å². The molecule has 0 bridgehead atoms. The van der Waals surface area contributed by atoms with Gasteiger partial charge >= 0.3 is 6.03 Å². The number of aliphatic hydroxyl groups excluding tert-OH is 1. The Morgan fingerprint density at radius 3 is 2.64 bits per heavy atom. The fraction of sp³-hybridized carbons (Fsp3) is 0.269. The maximum atomic E-state index is 15.0. The molecular formula is C26H27FN6O3. The number of rotatable bonds is 6. The van der Waals surface area contributed by atoms with Gasteiger partial charge in [-0.05, 0) is 50.5 Å². The topological polar surface area (TPSA) is 103 Å². The maximum Gasteiger partial charge on any atom is 0.322 e. The number of carbonyl (C=O) groups excluding carboxylic acids is 2. The van der Waals surface area contributed by atoms with Crippen LogP contribution in [0.3, 0.4) is 0 Å². The van der Waals surface area contributed by atoms with E-state index in [-0.39, 0.29) is 18.7 Å². The van der Waals surface area contributed by atoms with Crippen LogP contribution in [0, 0.1) is 18.2 Å². The molecule has 1 fully saturated rings. The summed E-state index contributed by atoms with van der Waals surface area (Å²) in [6, 6.07) is 9.58. The summed E-state index contributed by atoms with van der Waals surface area (Å²) in [6.07, 6.45) is 7.89. The molecule has 3 aromatic rings. The Morgan fingerprint density at radius 2 is 1.97 bits per heavy atom. The highest BCUT2D eigenvalue weighted by atomic mass is 19.1. The summed E-state index contributed by atoms with van der Waals surface area (Å²) in [5, 5.41) is 15.4. The number of aliphatic hydroxyl groups is 1. The average molecular weight is 491 g/mol. The molecule has 4 rings (SSSR count). The SMILES string of the molecule is C#Cc1ccc(NC(=O)N2C[C@H](O)C[C@H]2C(=O)Nc2ccc(-n3ccnc3CN(C)C)cc2F)cc1. The van der Waals surface area contributed by atoms with E-state index in [1.807, 2.05) is 19.0 Å².